The molecule has 0 atom stereocenters. The lowest BCUT2D eigenvalue weighted by Gasteiger charge is -2.14. The van der Waals surface area contributed by atoms with Crippen LogP contribution in [0.2, 0.25) is 5.02 Å². The number of alkyl halides is 3. The number of carbonyl (C=O) groups is 1. The summed E-state index contributed by atoms with van der Waals surface area (Å²) in [7, 11) is 1.61. The zero-order chi connectivity index (χ0) is 21.9. The van der Waals surface area contributed by atoms with E-state index in [2.05, 4.69) is 15.4 Å². The van der Waals surface area contributed by atoms with Crippen LogP contribution >= 0.6 is 11.6 Å². The standard InChI is InChI=1S/C19H16ClF3N4O3/c1-11-7-16(27(2)26-11)30-18(28)25-14-8-15(12-3-5-13(20)6-4-12)17(24-9-14)29-10-19(21,22)23/h3-9H,10H2,1-2H3,(H,25,28). The molecule has 0 unspecified atom stereocenters. The van der Waals surface area contributed by atoms with Crippen molar-refractivity contribution in [3.8, 4) is 22.9 Å². The fraction of sp³-hybridized carbons (Fsp3) is 0.211. The summed E-state index contributed by atoms with van der Waals surface area (Å²) in [6.07, 6.45) is -4.17. The second-order valence-electron chi connectivity index (χ2n) is 6.25. The molecule has 0 bridgehead atoms. The number of pyridine rings is 1. The lowest BCUT2D eigenvalue weighted by molar-refractivity contribution is -0.154. The van der Waals surface area contributed by atoms with Gasteiger partial charge in [-0.15, -0.1) is 0 Å². The molecule has 0 radical (unpaired) electrons. The quantitative estimate of drug-likeness (QED) is 0.604. The van der Waals surface area contributed by atoms with Crippen molar-refractivity contribution in [2.45, 2.75) is 13.1 Å². The molecule has 0 spiro atoms. The average molecular weight is 441 g/mol. The number of carbonyl (C=O) groups excluding carboxylic acids is 1. The predicted octanol–water partition coefficient (Wildman–Crippen LogP) is 5.00. The molecule has 0 fully saturated rings. The average Bonchev–Trinajstić information content (AvgIpc) is 2.97. The van der Waals surface area contributed by atoms with Gasteiger partial charge in [-0.05, 0) is 30.7 Å². The van der Waals surface area contributed by atoms with E-state index in [1.54, 1.807) is 44.3 Å². The number of hydrogen-bond donors (Lipinski definition) is 1. The molecule has 2 heterocycles. The molecule has 30 heavy (non-hydrogen) atoms. The minimum Gasteiger partial charge on any atom is -0.468 e. The zero-order valence-electron chi connectivity index (χ0n) is 15.8. The van der Waals surface area contributed by atoms with Crippen LogP contribution in [0.5, 0.6) is 11.8 Å². The molecule has 0 saturated heterocycles. The Hall–Kier alpha value is -3.27. The van der Waals surface area contributed by atoms with Gasteiger partial charge in [0.2, 0.25) is 11.8 Å². The topological polar surface area (TPSA) is 78.3 Å². The van der Waals surface area contributed by atoms with Crippen molar-refractivity contribution in [3.63, 3.8) is 0 Å². The molecule has 158 valence electrons. The molecular weight excluding hydrogens is 425 g/mol. The summed E-state index contributed by atoms with van der Waals surface area (Å²) in [5, 5.41) is 7.00. The van der Waals surface area contributed by atoms with Crippen LogP contribution in [0.4, 0.5) is 23.7 Å². The Labute approximate surface area is 174 Å². The summed E-state index contributed by atoms with van der Waals surface area (Å²) >= 11 is 5.88. The fourth-order valence-electron chi connectivity index (χ4n) is 2.54. The van der Waals surface area contributed by atoms with Crippen molar-refractivity contribution in [3.05, 3.63) is 53.3 Å². The summed E-state index contributed by atoms with van der Waals surface area (Å²) in [5.74, 6) is -0.0168. The van der Waals surface area contributed by atoms with Crippen molar-refractivity contribution in [1.29, 1.82) is 0 Å². The van der Waals surface area contributed by atoms with Gasteiger partial charge in [0.15, 0.2) is 6.61 Å². The van der Waals surface area contributed by atoms with E-state index >= 15 is 0 Å². The van der Waals surface area contributed by atoms with Crippen molar-refractivity contribution in [2.24, 2.45) is 7.05 Å². The number of aromatic nitrogens is 3. The van der Waals surface area contributed by atoms with E-state index in [1.807, 2.05) is 0 Å². The Bertz CT molecular complexity index is 1050. The van der Waals surface area contributed by atoms with E-state index in [1.165, 1.54) is 16.9 Å². The molecule has 0 aliphatic carbocycles. The van der Waals surface area contributed by atoms with Gasteiger partial charge < -0.3 is 9.47 Å². The maximum Gasteiger partial charge on any atom is 0.422 e. The van der Waals surface area contributed by atoms with Crippen molar-refractivity contribution < 1.29 is 27.4 Å². The third kappa shape index (κ3) is 5.63. The summed E-state index contributed by atoms with van der Waals surface area (Å²) < 4.78 is 49.1. The third-order valence-electron chi connectivity index (χ3n) is 3.78. The van der Waals surface area contributed by atoms with Crippen molar-refractivity contribution in [2.75, 3.05) is 11.9 Å². The number of halogens is 4. The molecule has 7 nitrogen and oxygen atoms in total. The van der Waals surface area contributed by atoms with Crippen LogP contribution in [0.3, 0.4) is 0 Å². The number of amides is 1. The Morgan fingerprint density at radius 1 is 1.23 bits per heavy atom. The first-order chi connectivity index (χ1) is 14.1. The van der Waals surface area contributed by atoms with Crippen LogP contribution in [0, 0.1) is 6.92 Å². The highest BCUT2D eigenvalue weighted by atomic mass is 35.5. The lowest BCUT2D eigenvalue weighted by Crippen LogP contribution is -2.20. The first-order valence-corrected chi connectivity index (χ1v) is 8.93. The Kier molecular flexibility index (Phi) is 6.16. The number of benzene rings is 1. The number of anilines is 1. The van der Waals surface area contributed by atoms with Gasteiger partial charge in [-0.25, -0.2) is 14.5 Å². The van der Waals surface area contributed by atoms with E-state index < -0.39 is 18.9 Å². The predicted molar refractivity (Wildman–Crippen MR) is 104 cm³/mol. The van der Waals surface area contributed by atoms with E-state index in [0.29, 0.717) is 16.3 Å². The van der Waals surface area contributed by atoms with Crippen LogP contribution in [-0.2, 0) is 7.05 Å². The lowest BCUT2D eigenvalue weighted by atomic mass is 10.1. The Balaban J connectivity index is 1.84. The van der Waals surface area contributed by atoms with Crippen molar-refractivity contribution >= 4 is 23.4 Å². The third-order valence-corrected chi connectivity index (χ3v) is 4.03. The van der Waals surface area contributed by atoms with Crippen LogP contribution < -0.4 is 14.8 Å². The largest absolute Gasteiger partial charge is 0.468 e. The minimum atomic E-state index is -4.53. The molecule has 0 aliphatic rings. The Morgan fingerprint density at radius 2 is 1.93 bits per heavy atom. The highest BCUT2D eigenvalue weighted by Gasteiger charge is 2.29. The molecule has 11 heteroatoms. The van der Waals surface area contributed by atoms with E-state index in [-0.39, 0.29) is 23.0 Å². The van der Waals surface area contributed by atoms with Gasteiger partial charge in [-0.1, -0.05) is 23.7 Å². The van der Waals surface area contributed by atoms with Crippen LogP contribution in [0.25, 0.3) is 11.1 Å². The molecule has 1 N–H and O–H groups in total. The van der Waals surface area contributed by atoms with Crippen LogP contribution in [0.15, 0.2) is 42.6 Å². The number of nitrogens with zero attached hydrogens (tertiary/aromatic N) is 3. The molecule has 0 aliphatic heterocycles. The van der Waals surface area contributed by atoms with Gasteiger partial charge in [-0.3, -0.25) is 5.32 Å². The molecule has 1 amide bonds. The number of ether oxygens (including phenoxy) is 2. The second kappa shape index (κ2) is 8.62. The number of hydrogen-bond acceptors (Lipinski definition) is 5. The van der Waals surface area contributed by atoms with Gasteiger partial charge in [0.25, 0.3) is 0 Å². The molecule has 2 aromatic heterocycles. The molecule has 0 saturated carbocycles. The van der Waals surface area contributed by atoms with Gasteiger partial charge in [0.05, 0.1) is 17.6 Å². The SMILES string of the molecule is Cc1cc(OC(=O)Nc2cnc(OCC(F)(F)F)c(-c3ccc(Cl)cc3)c2)n(C)n1. The number of rotatable bonds is 5. The molecular formula is C19H16ClF3N4O3. The maximum atomic E-state index is 12.6. The smallest absolute Gasteiger partial charge is 0.422 e. The molecule has 3 aromatic rings. The second-order valence-corrected chi connectivity index (χ2v) is 6.69. The Morgan fingerprint density at radius 3 is 2.53 bits per heavy atom. The van der Waals surface area contributed by atoms with Gasteiger partial charge in [0.1, 0.15) is 0 Å². The van der Waals surface area contributed by atoms with E-state index in [0.717, 1.165) is 0 Å². The van der Waals surface area contributed by atoms with Crippen molar-refractivity contribution in [1.82, 2.24) is 14.8 Å². The highest BCUT2D eigenvalue weighted by molar-refractivity contribution is 6.30. The zero-order valence-corrected chi connectivity index (χ0v) is 16.6. The highest BCUT2D eigenvalue weighted by Crippen LogP contribution is 2.32. The number of aryl methyl sites for hydroxylation is 2. The fourth-order valence-corrected chi connectivity index (χ4v) is 2.67. The minimum absolute atomic E-state index is 0.197. The number of nitrogens with one attached hydrogen (secondary N) is 1. The summed E-state index contributed by atoms with van der Waals surface area (Å²) in [6, 6.07) is 9.34. The van der Waals surface area contributed by atoms with Crippen LogP contribution in [-0.4, -0.2) is 33.6 Å². The normalized spacial score (nSPS) is 11.3. The van der Waals surface area contributed by atoms with E-state index in [4.69, 9.17) is 21.1 Å². The monoisotopic (exact) mass is 440 g/mol. The maximum absolute atomic E-state index is 12.6. The molecule has 3 rings (SSSR count). The van der Waals surface area contributed by atoms with E-state index in [9.17, 15) is 18.0 Å². The van der Waals surface area contributed by atoms with Crippen LogP contribution in [0.1, 0.15) is 5.69 Å². The first kappa shape index (κ1) is 21.4. The summed E-state index contributed by atoms with van der Waals surface area (Å²) in [6.45, 7) is 0.238. The first-order valence-electron chi connectivity index (χ1n) is 8.56. The summed E-state index contributed by atoms with van der Waals surface area (Å²) in [4.78, 5) is 16.1. The van der Waals surface area contributed by atoms with Gasteiger partial charge in [-0.2, -0.15) is 18.3 Å². The van der Waals surface area contributed by atoms with Gasteiger partial charge >= 0.3 is 12.3 Å². The molecule has 1 aromatic carbocycles. The van der Waals surface area contributed by atoms with Gasteiger partial charge in [0, 0.05) is 23.7 Å². The summed E-state index contributed by atoms with van der Waals surface area (Å²) in [5.41, 5.74) is 1.61.